The summed E-state index contributed by atoms with van der Waals surface area (Å²) in [6, 6.07) is 1.71. The van der Waals surface area contributed by atoms with Gasteiger partial charge in [-0.3, -0.25) is 5.10 Å². The Bertz CT molecular complexity index is 498. The summed E-state index contributed by atoms with van der Waals surface area (Å²) in [5.41, 5.74) is 0. The van der Waals surface area contributed by atoms with Crippen molar-refractivity contribution in [3.8, 4) is 0 Å². The molecule has 0 atom stereocenters. The summed E-state index contributed by atoms with van der Waals surface area (Å²) in [6.45, 7) is 3.83. The summed E-state index contributed by atoms with van der Waals surface area (Å²) in [5, 5.41) is 8.63. The first-order valence-electron chi connectivity index (χ1n) is 4.77. The molecule has 0 radical (unpaired) electrons. The number of hydrogen-bond donors (Lipinski definition) is 1. The molecular formula is C9H10ClN5S. The number of halogens is 1. The highest BCUT2D eigenvalue weighted by Crippen LogP contribution is 2.24. The molecule has 1 N–H and O–H groups in total. The molecule has 0 saturated heterocycles. The standard InChI is InChI=1S/C9H10ClN5S/c1-3-7-12-6(10)4-8(13-7)16-9-11-5(2)14-15-9/h4H,3H2,1-2H3,(H,11,14,15). The number of H-pyrrole nitrogens is 1. The molecule has 0 saturated carbocycles. The number of aryl methyl sites for hydroxylation is 2. The van der Waals surface area contributed by atoms with E-state index >= 15 is 0 Å². The molecule has 2 rings (SSSR count). The number of rotatable bonds is 3. The van der Waals surface area contributed by atoms with Crippen LogP contribution in [0.25, 0.3) is 0 Å². The molecule has 5 nitrogen and oxygen atoms in total. The second-order valence-electron chi connectivity index (χ2n) is 3.10. The Hall–Kier alpha value is -1.14. The van der Waals surface area contributed by atoms with E-state index in [9.17, 15) is 0 Å². The van der Waals surface area contributed by atoms with Crippen LogP contribution in [0.5, 0.6) is 0 Å². The zero-order chi connectivity index (χ0) is 11.5. The molecule has 0 aliphatic carbocycles. The molecule has 0 aliphatic heterocycles. The first kappa shape index (κ1) is 11.3. The summed E-state index contributed by atoms with van der Waals surface area (Å²) < 4.78 is 0. The van der Waals surface area contributed by atoms with E-state index in [4.69, 9.17) is 11.6 Å². The molecular weight excluding hydrogens is 246 g/mol. The Morgan fingerprint density at radius 1 is 1.38 bits per heavy atom. The molecule has 0 bridgehead atoms. The van der Waals surface area contributed by atoms with Gasteiger partial charge in [0.15, 0.2) is 0 Å². The van der Waals surface area contributed by atoms with Crippen molar-refractivity contribution in [2.24, 2.45) is 0 Å². The first-order valence-corrected chi connectivity index (χ1v) is 5.97. The third-order valence-electron chi connectivity index (χ3n) is 1.81. The van der Waals surface area contributed by atoms with Gasteiger partial charge in [0.05, 0.1) is 0 Å². The molecule has 0 unspecified atom stereocenters. The van der Waals surface area contributed by atoms with E-state index in [1.807, 2.05) is 13.8 Å². The van der Waals surface area contributed by atoms with E-state index in [0.29, 0.717) is 10.3 Å². The average Bonchev–Trinajstić information content (AvgIpc) is 2.63. The number of aromatic amines is 1. The Morgan fingerprint density at radius 3 is 2.81 bits per heavy atom. The lowest BCUT2D eigenvalue weighted by Crippen LogP contribution is -1.94. The molecule has 2 aromatic heterocycles. The van der Waals surface area contributed by atoms with Gasteiger partial charge in [-0.15, -0.1) is 5.10 Å². The predicted molar refractivity (Wildman–Crippen MR) is 61.7 cm³/mol. The summed E-state index contributed by atoms with van der Waals surface area (Å²) >= 11 is 7.25. The molecule has 0 fully saturated rings. The van der Waals surface area contributed by atoms with Crippen molar-refractivity contribution < 1.29 is 0 Å². The lowest BCUT2D eigenvalue weighted by Gasteiger charge is -2.00. The fraction of sp³-hybridized carbons (Fsp3) is 0.333. The van der Waals surface area contributed by atoms with Gasteiger partial charge < -0.3 is 0 Å². The Balaban J connectivity index is 2.24. The van der Waals surface area contributed by atoms with E-state index in [1.54, 1.807) is 6.07 Å². The van der Waals surface area contributed by atoms with Crippen LogP contribution in [0.15, 0.2) is 16.2 Å². The Kier molecular flexibility index (Phi) is 3.40. The van der Waals surface area contributed by atoms with Crippen molar-refractivity contribution in [3.63, 3.8) is 0 Å². The lowest BCUT2D eigenvalue weighted by molar-refractivity contribution is 0.884. The molecule has 0 aromatic carbocycles. The molecule has 0 spiro atoms. The predicted octanol–water partition coefficient (Wildman–Crippen LogP) is 2.27. The lowest BCUT2D eigenvalue weighted by atomic mass is 10.4. The minimum absolute atomic E-state index is 0.446. The molecule has 16 heavy (non-hydrogen) atoms. The van der Waals surface area contributed by atoms with Crippen molar-refractivity contribution >= 4 is 23.4 Å². The summed E-state index contributed by atoms with van der Waals surface area (Å²) in [6.07, 6.45) is 0.751. The monoisotopic (exact) mass is 255 g/mol. The van der Waals surface area contributed by atoms with Gasteiger partial charge in [0.25, 0.3) is 0 Å². The fourth-order valence-electron chi connectivity index (χ4n) is 1.11. The van der Waals surface area contributed by atoms with Crippen LogP contribution in [-0.2, 0) is 6.42 Å². The molecule has 2 aromatic rings. The third-order valence-corrected chi connectivity index (χ3v) is 2.78. The van der Waals surface area contributed by atoms with Crippen molar-refractivity contribution in [1.29, 1.82) is 0 Å². The number of nitrogens with zero attached hydrogens (tertiary/aromatic N) is 4. The molecule has 2 heterocycles. The minimum atomic E-state index is 0.446. The van der Waals surface area contributed by atoms with E-state index in [2.05, 4.69) is 25.1 Å². The zero-order valence-electron chi connectivity index (χ0n) is 8.86. The van der Waals surface area contributed by atoms with Gasteiger partial charge in [0.1, 0.15) is 21.8 Å². The molecule has 0 amide bonds. The van der Waals surface area contributed by atoms with Crippen LogP contribution >= 0.6 is 23.4 Å². The second-order valence-corrected chi connectivity index (χ2v) is 4.48. The Morgan fingerprint density at radius 2 is 2.19 bits per heavy atom. The number of aromatic nitrogens is 5. The van der Waals surface area contributed by atoms with Gasteiger partial charge >= 0.3 is 0 Å². The largest absolute Gasteiger partial charge is 0.262 e. The highest BCUT2D eigenvalue weighted by atomic mass is 35.5. The van der Waals surface area contributed by atoms with Crippen molar-refractivity contribution in [3.05, 3.63) is 22.9 Å². The topological polar surface area (TPSA) is 67.3 Å². The van der Waals surface area contributed by atoms with Crippen LogP contribution in [0.2, 0.25) is 5.15 Å². The van der Waals surface area contributed by atoms with E-state index < -0.39 is 0 Å². The molecule has 84 valence electrons. The summed E-state index contributed by atoms with van der Waals surface area (Å²) in [7, 11) is 0. The van der Waals surface area contributed by atoms with Crippen molar-refractivity contribution in [2.75, 3.05) is 0 Å². The van der Waals surface area contributed by atoms with E-state index in [-0.39, 0.29) is 0 Å². The quantitative estimate of drug-likeness (QED) is 0.853. The normalized spacial score (nSPS) is 10.7. The summed E-state index contributed by atoms with van der Waals surface area (Å²) in [4.78, 5) is 12.6. The molecule has 0 aliphatic rings. The summed E-state index contributed by atoms with van der Waals surface area (Å²) in [5.74, 6) is 1.50. The highest BCUT2D eigenvalue weighted by molar-refractivity contribution is 7.99. The van der Waals surface area contributed by atoms with E-state index in [1.165, 1.54) is 11.8 Å². The van der Waals surface area contributed by atoms with E-state index in [0.717, 1.165) is 23.1 Å². The second kappa shape index (κ2) is 4.80. The number of hydrogen-bond acceptors (Lipinski definition) is 5. The SMILES string of the molecule is CCc1nc(Cl)cc(Sc2n[nH]c(C)n2)n1. The van der Waals surface area contributed by atoms with Crippen LogP contribution in [-0.4, -0.2) is 25.1 Å². The minimum Gasteiger partial charge on any atom is -0.262 e. The maximum atomic E-state index is 5.89. The van der Waals surface area contributed by atoms with Gasteiger partial charge in [-0.2, -0.15) is 0 Å². The van der Waals surface area contributed by atoms with Crippen LogP contribution < -0.4 is 0 Å². The first-order chi connectivity index (χ1) is 7.67. The zero-order valence-corrected chi connectivity index (χ0v) is 10.4. The number of nitrogens with one attached hydrogen (secondary N) is 1. The van der Waals surface area contributed by atoms with Crippen LogP contribution in [0.4, 0.5) is 0 Å². The van der Waals surface area contributed by atoms with Gasteiger partial charge in [0, 0.05) is 12.5 Å². The van der Waals surface area contributed by atoms with Gasteiger partial charge in [-0.05, 0) is 18.7 Å². The maximum Gasteiger partial charge on any atom is 0.214 e. The van der Waals surface area contributed by atoms with Gasteiger partial charge in [0.2, 0.25) is 5.16 Å². The third kappa shape index (κ3) is 2.70. The maximum absolute atomic E-state index is 5.89. The van der Waals surface area contributed by atoms with Crippen LogP contribution in [0.3, 0.4) is 0 Å². The van der Waals surface area contributed by atoms with Crippen LogP contribution in [0.1, 0.15) is 18.6 Å². The smallest absolute Gasteiger partial charge is 0.214 e. The van der Waals surface area contributed by atoms with Gasteiger partial charge in [-0.25, -0.2) is 15.0 Å². The molecule has 7 heteroatoms. The fourth-order valence-corrected chi connectivity index (χ4v) is 2.16. The van der Waals surface area contributed by atoms with Crippen LogP contribution in [0, 0.1) is 6.92 Å². The van der Waals surface area contributed by atoms with Crippen molar-refractivity contribution in [2.45, 2.75) is 30.5 Å². The average molecular weight is 256 g/mol. The highest BCUT2D eigenvalue weighted by Gasteiger charge is 2.07. The Labute approximate surface area is 102 Å². The van der Waals surface area contributed by atoms with Crippen molar-refractivity contribution in [1.82, 2.24) is 25.1 Å². The van der Waals surface area contributed by atoms with Gasteiger partial charge in [-0.1, -0.05) is 18.5 Å².